The topological polar surface area (TPSA) is 35.1 Å². The summed E-state index contributed by atoms with van der Waals surface area (Å²) >= 11 is 4.09. The Morgan fingerprint density at radius 2 is 1.50 bits per heavy atom. The fourth-order valence-corrected chi connectivity index (χ4v) is 7.08. The number of thioether (sulfide) groups is 1. The molecule has 3 aromatic heterocycles. The summed E-state index contributed by atoms with van der Waals surface area (Å²) in [6.07, 6.45) is 18.3. The van der Waals surface area contributed by atoms with Gasteiger partial charge in [-0.1, -0.05) is 97.1 Å². The molecule has 1 unspecified atom stereocenters. The summed E-state index contributed by atoms with van der Waals surface area (Å²) in [5, 5.41) is 5.53. The van der Waals surface area contributed by atoms with Gasteiger partial charge in [0, 0.05) is 39.9 Å². The molecular formula is C36H29IN4S. The van der Waals surface area contributed by atoms with E-state index in [1.54, 1.807) is 11.8 Å². The van der Waals surface area contributed by atoms with Gasteiger partial charge in [0.15, 0.2) is 0 Å². The molecule has 0 spiro atoms. The fourth-order valence-electron chi connectivity index (χ4n) is 6.14. The molecule has 206 valence electrons. The Morgan fingerprint density at radius 3 is 2.14 bits per heavy atom. The van der Waals surface area contributed by atoms with Crippen LogP contribution in [0.4, 0.5) is 0 Å². The van der Waals surface area contributed by atoms with Crippen molar-refractivity contribution in [3.05, 3.63) is 155 Å². The lowest BCUT2D eigenvalue weighted by Crippen LogP contribution is -2.43. The van der Waals surface area contributed by atoms with Gasteiger partial charge in [0.25, 0.3) is 0 Å². The molecule has 6 aromatic rings. The molecule has 0 fully saturated rings. The second kappa shape index (κ2) is 11.4. The molecule has 42 heavy (non-hydrogen) atoms. The monoisotopic (exact) mass is 676 g/mol. The van der Waals surface area contributed by atoms with Crippen molar-refractivity contribution in [2.75, 3.05) is 6.26 Å². The van der Waals surface area contributed by atoms with Crippen LogP contribution in [0.3, 0.4) is 0 Å². The summed E-state index contributed by atoms with van der Waals surface area (Å²) in [5.74, 6) is 0.156. The SMILES string of the molecule is CSc1ccc(-c2nn(C(c3ccccc3)(c3ccccc3)C3C=CC=CC3)cc2-c2ccc3ncc(I)n3c2)cc1. The van der Waals surface area contributed by atoms with Crippen molar-refractivity contribution in [1.29, 1.82) is 0 Å². The first-order valence-corrected chi connectivity index (χ1v) is 16.3. The maximum Gasteiger partial charge on any atom is 0.137 e. The third kappa shape index (κ3) is 4.63. The quantitative estimate of drug-likeness (QED) is 0.125. The zero-order chi connectivity index (χ0) is 28.5. The highest BCUT2D eigenvalue weighted by atomic mass is 127. The molecule has 1 atom stereocenters. The van der Waals surface area contributed by atoms with E-state index in [1.165, 1.54) is 16.0 Å². The highest BCUT2D eigenvalue weighted by Gasteiger charge is 2.44. The summed E-state index contributed by atoms with van der Waals surface area (Å²) in [4.78, 5) is 5.79. The van der Waals surface area contributed by atoms with Crippen LogP contribution in [0, 0.1) is 9.62 Å². The lowest BCUT2D eigenvalue weighted by molar-refractivity contribution is 0.293. The molecule has 1 aliphatic rings. The first kappa shape index (κ1) is 27.0. The van der Waals surface area contributed by atoms with Gasteiger partial charge >= 0.3 is 0 Å². The Kier molecular flexibility index (Phi) is 7.34. The molecule has 0 radical (unpaired) electrons. The highest BCUT2D eigenvalue weighted by Crippen LogP contribution is 2.46. The molecule has 0 amide bonds. The van der Waals surface area contributed by atoms with E-state index in [1.807, 2.05) is 6.20 Å². The molecule has 7 rings (SSSR count). The molecule has 3 aromatic carbocycles. The van der Waals surface area contributed by atoms with Crippen molar-refractivity contribution in [2.45, 2.75) is 16.9 Å². The van der Waals surface area contributed by atoms with Gasteiger partial charge in [-0.15, -0.1) is 11.8 Å². The van der Waals surface area contributed by atoms with E-state index in [0.717, 1.165) is 38.2 Å². The second-order valence-corrected chi connectivity index (χ2v) is 12.4. The van der Waals surface area contributed by atoms with Crippen LogP contribution in [-0.2, 0) is 5.54 Å². The van der Waals surface area contributed by atoms with E-state index >= 15 is 0 Å². The lowest BCUT2D eigenvalue weighted by Gasteiger charge is -2.41. The van der Waals surface area contributed by atoms with E-state index in [0.29, 0.717) is 0 Å². The van der Waals surface area contributed by atoms with Crippen LogP contribution in [0.15, 0.2) is 145 Å². The molecule has 3 heterocycles. The van der Waals surface area contributed by atoms with Crippen LogP contribution in [0.2, 0.25) is 0 Å². The van der Waals surface area contributed by atoms with Gasteiger partial charge in [0.05, 0.1) is 6.20 Å². The minimum atomic E-state index is -0.566. The van der Waals surface area contributed by atoms with E-state index < -0.39 is 5.54 Å². The first-order valence-electron chi connectivity index (χ1n) is 14.0. The van der Waals surface area contributed by atoms with Crippen molar-refractivity contribution in [1.82, 2.24) is 19.2 Å². The molecule has 6 heteroatoms. The largest absolute Gasteiger partial charge is 0.294 e. The second-order valence-electron chi connectivity index (χ2n) is 10.4. The van der Waals surface area contributed by atoms with E-state index in [9.17, 15) is 0 Å². The maximum atomic E-state index is 5.53. The minimum absolute atomic E-state index is 0.156. The number of nitrogens with zero attached hydrogens (tertiary/aromatic N) is 4. The predicted molar refractivity (Wildman–Crippen MR) is 182 cm³/mol. The van der Waals surface area contributed by atoms with Gasteiger partial charge in [-0.05, 0) is 70.7 Å². The Labute approximate surface area is 264 Å². The normalized spacial score (nSPS) is 15.0. The Balaban J connectivity index is 1.54. The van der Waals surface area contributed by atoms with Crippen molar-refractivity contribution in [3.63, 3.8) is 0 Å². The summed E-state index contributed by atoms with van der Waals surface area (Å²) in [5.41, 5.74) is 7.03. The van der Waals surface area contributed by atoms with Gasteiger partial charge in [0.1, 0.15) is 20.6 Å². The highest BCUT2D eigenvalue weighted by molar-refractivity contribution is 14.1. The molecule has 0 aliphatic heterocycles. The molecular weight excluding hydrogens is 647 g/mol. The number of allylic oxidation sites excluding steroid dienone is 4. The smallest absolute Gasteiger partial charge is 0.137 e. The Bertz CT molecular complexity index is 1860. The van der Waals surface area contributed by atoms with Gasteiger partial charge < -0.3 is 0 Å². The van der Waals surface area contributed by atoms with Gasteiger partial charge in [-0.25, -0.2) is 4.98 Å². The van der Waals surface area contributed by atoms with E-state index in [-0.39, 0.29) is 5.92 Å². The summed E-state index contributed by atoms with van der Waals surface area (Å²) in [6, 6.07) is 34.7. The number of halogens is 1. The minimum Gasteiger partial charge on any atom is -0.294 e. The maximum absolute atomic E-state index is 5.53. The number of imidazole rings is 1. The van der Waals surface area contributed by atoms with Crippen LogP contribution in [-0.4, -0.2) is 25.4 Å². The molecule has 0 saturated heterocycles. The molecule has 0 N–H and O–H groups in total. The number of rotatable bonds is 7. The third-order valence-electron chi connectivity index (χ3n) is 8.16. The Morgan fingerprint density at radius 1 is 0.810 bits per heavy atom. The van der Waals surface area contributed by atoms with Crippen LogP contribution >= 0.6 is 34.4 Å². The van der Waals surface area contributed by atoms with Crippen molar-refractivity contribution < 1.29 is 0 Å². The fraction of sp³-hybridized carbons (Fsp3) is 0.111. The molecule has 4 nitrogen and oxygen atoms in total. The van der Waals surface area contributed by atoms with Crippen molar-refractivity contribution >= 4 is 40.0 Å². The predicted octanol–water partition coefficient (Wildman–Crippen LogP) is 9.12. The van der Waals surface area contributed by atoms with Crippen molar-refractivity contribution in [2.24, 2.45) is 5.92 Å². The number of hydrogen-bond donors (Lipinski definition) is 0. The zero-order valence-electron chi connectivity index (χ0n) is 23.1. The van der Waals surface area contributed by atoms with Gasteiger partial charge in [0.2, 0.25) is 0 Å². The standard InChI is InChI=1S/C36H29IN4S/c1-42-31-20-17-26(18-21-31)35-32(27-19-22-34-38-23-33(37)40(34)24-27)25-41(39-35)36(28-11-5-2-6-12-28,29-13-7-3-8-14-29)30-15-9-4-10-16-30/h2-15,17-25,30H,16H2,1H3. The van der Waals surface area contributed by atoms with Crippen molar-refractivity contribution in [3.8, 4) is 22.4 Å². The number of aromatic nitrogens is 4. The number of pyridine rings is 1. The summed E-state index contributed by atoms with van der Waals surface area (Å²) in [7, 11) is 0. The van der Waals surface area contributed by atoms with Crippen LogP contribution < -0.4 is 0 Å². The summed E-state index contributed by atoms with van der Waals surface area (Å²) < 4.78 is 5.46. The number of hydrogen-bond acceptors (Lipinski definition) is 3. The van der Waals surface area contributed by atoms with Gasteiger partial charge in [-0.3, -0.25) is 9.08 Å². The number of fused-ring (bicyclic) bond motifs is 1. The Hall–Kier alpha value is -3.88. The molecule has 1 aliphatic carbocycles. The van der Waals surface area contributed by atoms with Crippen LogP contribution in [0.1, 0.15) is 17.5 Å². The van der Waals surface area contributed by atoms with E-state index in [4.69, 9.17) is 5.10 Å². The first-order chi connectivity index (χ1) is 20.7. The van der Waals surface area contributed by atoms with Crippen LogP contribution in [0.5, 0.6) is 0 Å². The third-order valence-corrected chi connectivity index (χ3v) is 9.70. The lowest BCUT2D eigenvalue weighted by atomic mass is 9.70. The zero-order valence-corrected chi connectivity index (χ0v) is 26.1. The molecule has 0 bridgehead atoms. The van der Waals surface area contributed by atoms with Crippen LogP contribution in [0.25, 0.3) is 28.0 Å². The average molecular weight is 677 g/mol. The molecule has 0 saturated carbocycles. The summed E-state index contributed by atoms with van der Waals surface area (Å²) in [6.45, 7) is 0. The average Bonchev–Trinajstić information content (AvgIpc) is 3.67. The van der Waals surface area contributed by atoms with E-state index in [2.05, 4.69) is 177 Å². The number of benzene rings is 3. The van der Waals surface area contributed by atoms with Gasteiger partial charge in [-0.2, -0.15) is 5.10 Å².